The second kappa shape index (κ2) is 11.7. The van der Waals surface area contributed by atoms with E-state index in [1.54, 1.807) is 36.4 Å². The molecule has 35 heavy (non-hydrogen) atoms. The number of rotatable bonds is 8. The van der Waals surface area contributed by atoms with Crippen LogP contribution in [0.25, 0.3) is 0 Å². The van der Waals surface area contributed by atoms with Crippen LogP contribution in [-0.4, -0.2) is 35.7 Å². The Morgan fingerprint density at radius 3 is 2.20 bits per heavy atom. The van der Waals surface area contributed by atoms with Gasteiger partial charge in [-0.25, -0.2) is 0 Å². The monoisotopic (exact) mass is 489 g/mol. The first-order chi connectivity index (χ1) is 17.0. The molecule has 1 saturated heterocycles. The molecule has 0 bridgehead atoms. The lowest BCUT2D eigenvalue weighted by Crippen LogP contribution is -2.33. The maximum Gasteiger partial charge on any atom is 0.253 e. The summed E-state index contributed by atoms with van der Waals surface area (Å²) in [5.41, 5.74) is 2.74. The average Bonchev–Trinajstić information content (AvgIpc) is 3.43. The lowest BCUT2D eigenvalue weighted by molar-refractivity contribution is -0.121. The fourth-order valence-corrected chi connectivity index (χ4v) is 4.37. The average molecular weight is 490 g/mol. The van der Waals surface area contributed by atoms with Crippen LogP contribution in [0.3, 0.4) is 0 Å². The van der Waals surface area contributed by atoms with E-state index < -0.39 is 6.04 Å². The predicted octanol–water partition coefficient (Wildman–Crippen LogP) is 4.75. The number of benzene rings is 3. The highest BCUT2D eigenvalue weighted by Gasteiger charge is 2.21. The molecule has 1 heterocycles. The lowest BCUT2D eigenvalue weighted by atomic mass is 10.0. The van der Waals surface area contributed by atoms with Crippen LogP contribution in [0, 0.1) is 0 Å². The summed E-state index contributed by atoms with van der Waals surface area (Å²) in [6, 6.07) is 23.0. The fourth-order valence-electron chi connectivity index (χ4n) is 4.15. The molecular weight excluding hydrogens is 462 g/mol. The normalized spacial score (nSPS) is 13.8. The Bertz CT molecular complexity index is 1180. The molecule has 0 radical (unpaired) electrons. The van der Waals surface area contributed by atoms with Gasteiger partial charge in [-0.15, -0.1) is 0 Å². The third kappa shape index (κ3) is 6.49. The fraction of sp³-hybridized carbons (Fsp3) is 0.250. The van der Waals surface area contributed by atoms with Crippen LogP contribution >= 0.6 is 11.6 Å². The number of nitrogens with one attached hydrogen (secondary N) is 2. The minimum atomic E-state index is -0.513. The van der Waals surface area contributed by atoms with Crippen molar-refractivity contribution in [3.63, 3.8) is 0 Å². The maximum atomic E-state index is 12.8. The first kappa shape index (κ1) is 24.5. The zero-order valence-electron chi connectivity index (χ0n) is 19.4. The van der Waals surface area contributed by atoms with Crippen molar-refractivity contribution < 1.29 is 14.4 Å². The number of hydrogen-bond acceptors (Lipinski definition) is 3. The van der Waals surface area contributed by atoms with Crippen molar-refractivity contribution in [2.45, 2.75) is 31.8 Å². The van der Waals surface area contributed by atoms with Crippen molar-refractivity contribution >= 4 is 29.3 Å². The molecule has 1 fully saturated rings. The van der Waals surface area contributed by atoms with E-state index in [0.717, 1.165) is 37.1 Å². The van der Waals surface area contributed by atoms with Gasteiger partial charge in [0.2, 0.25) is 5.91 Å². The molecule has 0 aromatic heterocycles. The number of amides is 3. The van der Waals surface area contributed by atoms with Gasteiger partial charge in [-0.3, -0.25) is 14.4 Å². The first-order valence-electron chi connectivity index (χ1n) is 11.8. The molecule has 3 amide bonds. The van der Waals surface area contributed by atoms with Crippen LogP contribution in [0.2, 0.25) is 5.02 Å². The van der Waals surface area contributed by atoms with Gasteiger partial charge in [-0.2, -0.15) is 0 Å². The number of hydrogen-bond donors (Lipinski definition) is 2. The van der Waals surface area contributed by atoms with E-state index in [2.05, 4.69) is 10.6 Å². The molecule has 180 valence electrons. The highest BCUT2D eigenvalue weighted by atomic mass is 35.5. The Kier molecular flexibility index (Phi) is 8.16. The first-order valence-corrected chi connectivity index (χ1v) is 12.1. The van der Waals surface area contributed by atoms with Crippen LogP contribution in [0.15, 0.2) is 78.9 Å². The largest absolute Gasteiger partial charge is 0.352 e. The second-order valence-electron chi connectivity index (χ2n) is 8.59. The molecule has 1 aliphatic rings. The van der Waals surface area contributed by atoms with Crippen LogP contribution in [0.4, 0.5) is 0 Å². The zero-order valence-corrected chi connectivity index (χ0v) is 20.1. The van der Waals surface area contributed by atoms with Crippen LogP contribution in [0.1, 0.15) is 57.1 Å². The lowest BCUT2D eigenvalue weighted by Gasteiger charge is -2.19. The molecule has 4 rings (SSSR count). The van der Waals surface area contributed by atoms with Crippen molar-refractivity contribution in [3.05, 3.63) is 106 Å². The summed E-state index contributed by atoms with van der Waals surface area (Å²) in [6.45, 7) is 1.95. The van der Waals surface area contributed by atoms with Gasteiger partial charge in [0, 0.05) is 25.2 Å². The van der Waals surface area contributed by atoms with E-state index >= 15 is 0 Å². The summed E-state index contributed by atoms with van der Waals surface area (Å²) in [4.78, 5) is 40.0. The summed E-state index contributed by atoms with van der Waals surface area (Å²) in [6.07, 6.45) is 2.18. The Hall–Kier alpha value is -3.64. The third-order valence-corrected chi connectivity index (χ3v) is 6.43. The van der Waals surface area contributed by atoms with E-state index in [0.29, 0.717) is 22.7 Å². The Morgan fingerprint density at radius 1 is 0.857 bits per heavy atom. The van der Waals surface area contributed by atoms with Gasteiger partial charge in [-0.1, -0.05) is 66.2 Å². The third-order valence-electron chi connectivity index (χ3n) is 6.10. The summed E-state index contributed by atoms with van der Waals surface area (Å²) < 4.78 is 0. The van der Waals surface area contributed by atoms with Crippen LogP contribution < -0.4 is 10.6 Å². The minimum absolute atomic E-state index is 0.0537. The number of likely N-dealkylation sites (tertiary alicyclic amines) is 1. The number of nitrogens with zero attached hydrogens (tertiary/aromatic N) is 1. The van der Waals surface area contributed by atoms with E-state index in [-0.39, 0.29) is 24.1 Å². The molecule has 0 aliphatic carbocycles. The summed E-state index contributed by atoms with van der Waals surface area (Å²) in [5.74, 6) is -0.482. The maximum absolute atomic E-state index is 12.8. The molecule has 6 nitrogen and oxygen atoms in total. The molecule has 0 spiro atoms. The van der Waals surface area contributed by atoms with Crippen molar-refractivity contribution in [2.24, 2.45) is 0 Å². The second-order valence-corrected chi connectivity index (χ2v) is 9.00. The minimum Gasteiger partial charge on any atom is -0.352 e. The van der Waals surface area contributed by atoms with Gasteiger partial charge in [0.1, 0.15) is 0 Å². The summed E-state index contributed by atoms with van der Waals surface area (Å²) in [7, 11) is 0. The molecule has 0 saturated carbocycles. The van der Waals surface area contributed by atoms with Gasteiger partial charge in [-0.05, 0) is 48.2 Å². The molecule has 1 atom stereocenters. The SMILES string of the molecule is O=C(C[C@@H](NC(=O)c1ccccc1Cl)c1ccccc1)NCc1ccc(C(=O)N2CCCC2)cc1. The topological polar surface area (TPSA) is 78.5 Å². The molecule has 2 N–H and O–H groups in total. The Morgan fingerprint density at radius 2 is 1.51 bits per heavy atom. The molecular formula is C28H28ClN3O3. The van der Waals surface area contributed by atoms with Gasteiger partial charge >= 0.3 is 0 Å². The van der Waals surface area contributed by atoms with Crippen molar-refractivity contribution in [1.29, 1.82) is 0 Å². The van der Waals surface area contributed by atoms with E-state index in [1.165, 1.54) is 0 Å². The Labute approximate surface area is 210 Å². The summed E-state index contributed by atoms with van der Waals surface area (Å²) >= 11 is 6.18. The van der Waals surface area contributed by atoms with Gasteiger partial charge in [0.15, 0.2) is 0 Å². The number of carbonyl (C=O) groups is 3. The molecule has 1 aliphatic heterocycles. The van der Waals surface area contributed by atoms with Crippen molar-refractivity contribution in [3.8, 4) is 0 Å². The number of halogens is 1. The Balaban J connectivity index is 1.37. The van der Waals surface area contributed by atoms with Gasteiger partial charge in [0.25, 0.3) is 11.8 Å². The molecule has 3 aromatic carbocycles. The zero-order chi connectivity index (χ0) is 24.6. The predicted molar refractivity (Wildman–Crippen MR) is 136 cm³/mol. The molecule has 3 aromatic rings. The van der Waals surface area contributed by atoms with E-state index in [4.69, 9.17) is 11.6 Å². The number of carbonyl (C=O) groups excluding carboxylic acids is 3. The van der Waals surface area contributed by atoms with Crippen molar-refractivity contribution in [1.82, 2.24) is 15.5 Å². The van der Waals surface area contributed by atoms with E-state index in [1.807, 2.05) is 47.4 Å². The quantitative estimate of drug-likeness (QED) is 0.479. The van der Waals surface area contributed by atoms with Crippen molar-refractivity contribution in [2.75, 3.05) is 13.1 Å². The smallest absolute Gasteiger partial charge is 0.253 e. The van der Waals surface area contributed by atoms with Crippen LogP contribution in [-0.2, 0) is 11.3 Å². The molecule has 0 unspecified atom stereocenters. The highest BCUT2D eigenvalue weighted by molar-refractivity contribution is 6.33. The van der Waals surface area contributed by atoms with Crippen LogP contribution in [0.5, 0.6) is 0 Å². The van der Waals surface area contributed by atoms with Gasteiger partial charge in [0.05, 0.1) is 23.0 Å². The highest BCUT2D eigenvalue weighted by Crippen LogP contribution is 2.20. The molecule has 7 heteroatoms. The van der Waals surface area contributed by atoms with E-state index in [9.17, 15) is 14.4 Å². The summed E-state index contributed by atoms with van der Waals surface area (Å²) in [5, 5.41) is 6.21. The van der Waals surface area contributed by atoms with Gasteiger partial charge < -0.3 is 15.5 Å². The standard InChI is InChI=1S/C28H28ClN3O3/c29-24-11-5-4-10-23(24)27(34)31-25(21-8-2-1-3-9-21)18-26(33)30-19-20-12-14-22(15-13-20)28(35)32-16-6-7-17-32/h1-5,8-15,25H,6-7,16-19H2,(H,30,33)(H,31,34)/t25-/m1/s1.